The molecule has 0 spiro atoms. The standard InChI is InChI=1S/C19H19N3OS/c23-12-17-13-24-19(21-17)15-7-9-22(10-8-15)11-16-6-5-14-3-1-2-4-18(14)20-16/h1-6,12-13,15H,7-11H2. The lowest BCUT2D eigenvalue weighted by Gasteiger charge is -2.30. The number of para-hydroxylation sites is 1. The number of hydrogen-bond donors (Lipinski definition) is 0. The Kier molecular flexibility index (Phi) is 4.36. The maximum absolute atomic E-state index is 10.8. The molecular formula is C19H19N3OS. The van der Waals surface area contributed by atoms with E-state index in [-0.39, 0.29) is 0 Å². The van der Waals surface area contributed by atoms with Gasteiger partial charge in [0.2, 0.25) is 0 Å². The van der Waals surface area contributed by atoms with Crippen LogP contribution in [0.5, 0.6) is 0 Å². The lowest BCUT2D eigenvalue weighted by molar-refractivity contribution is 0.111. The van der Waals surface area contributed by atoms with Crippen LogP contribution >= 0.6 is 11.3 Å². The number of benzene rings is 1. The van der Waals surface area contributed by atoms with Crippen LogP contribution in [0.1, 0.15) is 39.9 Å². The fourth-order valence-electron chi connectivity index (χ4n) is 3.31. The monoisotopic (exact) mass is 337 g/mol. The summed E-state index contributed by atoms with van der Waals surface area (Å²) in [6.45, 7) is 3.00. The minimum absolute atomic E-state index is 0.490. The van der Waals surface area contributed by atoms with Crippen LogP contribution in [0.4, 0.5) is 0 Å². The lowest BCUT2D eigenvalue weighted by Crippen LogP contribution is -2.32. The third-order valence-corrected chi connectivity index (χ3v) is 5.66. The summed E-state index contributed by atoms with van der Waals surface area (Å²) >= 11 is 1.61. The van der Waals surface area contributed by atoms with E-state index in [1.165, 1.54) is 5.39 Å². The van der Waals surface area contributed by atoms with Crippen molar-refractivity contribution in [3.05, 3.63) is 58.2 Å². The fraction of sp³-hybridized carbons (Fsp3) is 0.316. The zero-order chi connectivity index (χ0) is 16.4. The van der Waals surface area contributed by atoms with Gasteiger partial charge in [-0.25, -0.2) is 4.98 Å². The molecule has 1 saturated heterocycles. The summed E-state index contributed by atoms with van der Waals surface area (Å²) in [6, 6.07) is 12.5. The number of hydrogen-bond acceptors (Lipinski definition) is 5. The molecule has 1 aromatic carbocycles. The summed E-state index contributed by atoms with van der Waals surface area (Å²) < 4.78 is 0. The summed E-state index contributed by atoms with van der Waals surface area (Å²) in [5, 5.41) is 4.16. The Bertz CT molecular complexity index is 852. The van der Waals surface area contributed by atoms with Gasteiger partial charge >= 0.3 is 0 Å². The molecule has 0 aliphatic carbocycles. The first-order valence-corrected chi connectivity index (χ1v) is 9.17. The molecule has 5 heteroatoms. The van der Waals surface area contributed by atoms with Gasteiger partial charge in [-0.3, -0.25) is 14.7 Å². The molecule has 3 heterocycles. The molecule has 1 aliphatic rings. The highest BCUT2D eigenvalue weighted by Crippen LogP contribution is 2.30. The van der Waals surface area contributed by atoms with Gasteiger partial charge in [-0.15, -0.1) is 11.3 Å². The average molecular weight is 337 g/mol. The molecule has 3 aromatic rings. The number of carbonyl (C=O) groups excluding carboxylic acids is 1. The van der Waals surface area contributed by atoms with Crippen LogP contribution in [-0.2, 0) is 6.54 Å². The molecule has 1 aliphatic heterocycles. The van der Waals surface area contributed by atoms with Crippen molar-refractivity contribution < 1.29 is 4.79 Å². The molecule has 1 fully saturated rings. The minimum atomic E-state index is 0.490. The third-order valence-electron chi connectivity index (χ3n) is 4.64. The van der Waals surface area contributed by atoms with Gasteiger partial charge in [0.25, 0.3) is 0 Å². The zero-order valence-electron chi connectivity index (χ0n) is 13.4. The van der Waals surface area contributed by atoms with E-state index >= 15 is 0 Å². The first kappa shape index (κ1) is 15.4. The molecule has 4 rings (SSSR count). The minimum Gasteiger partial charge on any atom is -0.297 e. The van der Waals surface area contributed by atoms with Crippen molar-refractivity contribution in [2.75, 3.05) is 13.1 Å². The quantitative estimate of drug-likeness (QED) is 0.678. The van der Waals surface area contributed by atoms with Crippen molar-refractivity contribution in [3.63, 3.8) is 0 Å². The maximum Gasteiger partial charge on any atom is 0.169 e. The average Bonchev–Trinajstić information content (AvgIpc) is 3.11. The second kappa shape index (κ2) is 6.79. The van der Waals surface area contributed by atoms with Crippen LogP contribution in [0, 0.1) is 0 Å². The van der Waals surface area contributed by atoms with Gasteiger partial charge in [-0.2, -0.15) is 0 Å². The Balaban J connectivity index is 1.39. The van der Waals surface area contributed by atoms with E-state index in [1.807, 2.05) is 17.5 Å². The van der Waals surface area contributed by atoms with E-state index < -0.39 is 0 Å². The maximum atomic E-state index is 10.8. The fourth-order valence-corrected chi connectivity index (χ4v) is 4.24. The summed E-state index contributed by atoms with van der Waals surface area (Å²) in [6.07, 6.45) is 3.03. The number of rotatable bonds is 4. The molecule has 0 saturated carbocycles. The van der Waals surface area contributed by atoms with E-state index in [9.17, 15) is 4.79 Å². The Labute approximate surface area is 145 Å². The van der Waals surface area contributed by atoms with Crippen molar-refractivity contribution in [1.29, 1.82) is 0 Å². The van der Waals surface area contributed by atoms with Gasteiger partial charge < -0.3 is 0 Å². The molecule has 2 aromatic heterocycles. The molecule has 0 amide bonds. The smallest absolute Gasteiger partial charge is 0.169 e. The second-order valence-corrected chi connectivity index (χ2v) is 7.16. The number of likely N-dealkylation sites (tertiary alicyclic amines) is 1. The van der Waals surface area contributed by atoms with E-state index in [4.69, 9.17) is 4.98 Å². The van der Waals surface area contributed by atoms with E-state index in [2.05, 4.69) is 34.1 Å². The SMILES string of the molecule is O=Cc1csc(C2CCN(Cc3ccc4ccccc4n3)CC2)n1. The number of piperidine rings is 1. The Morgan fingerprint density at radius 3 is 2.75 bits per heavy atom. The van der Waals surface area contributed by atoms with Gasteiger partial charge in [0.1, 0.15) is 5.69 Å². The number of aromatic nitrogens is 2. The number of carbonyl (C=O) groups is 1. The largest absolute Gasteiger partial charge is 0.297 e. The van der Waals surface area contributed by atoms with Gasteiger partial charge in [0, 0.05) is 23.2 Å². The molecule has 0 bridgehead atoms. The van der Waals surface area contributed by atoms with Crippen molar-refractivity contribution in [2.45, 2.75) is 25.3 Å². The molecule has 122 valence electrons. The summed E-state index contributed by atoms with van der Waals surface area (Å²) in [4.78, 5) is 22.4. The van der Waals surface area contributed by atoms with Crippen LogP contribution < -0.4 is 0 Å². The van der Waals surface area contributed by atoms with E-state index in [0.717, 1.165) is 55.0 Å². The van der Waals surface area contributed by atoms with Gasteiger partial charge in [0.05, 0.1) is 16.2 Å². The van der Waals surface area contributed by atoms with Crippen molar-refractivity contribution in [2.24, 2.45) is 0 Å². The molecule has 0 unspecified atom stereocenters. The highest BCUT2D eigenvalue weighted by molar-refractivity contribution is 7.09. The summed E-state index contributed by atoms with van der Waals surface area (Å²) in [7, 11) is 0. The number of pyridine rings is 1. The molecule has 0 radical (unpaired) electrons. The van der Waals surface area contributed by atoms with Gasteiger partial charge in [-0.05, 0) is 38.1 Å². The summed E-state index contributed by atoms with van der Waals surface area (Å²) in [5.41, 5.74) is 2.76. The predicted molar refractivity (Wildman–Crippen MR) is 96.5 cm³/mol. The van der Waals surface area contributed by atoms with Crippen LogP contribution in [0.15, 0.2) is 41.8 Å². The molecule has 0 atom stereocenters. The number of fused-ring (bicyclic) bond motifs is 1. The van der Waals surface area contributed by atoms with Crippen molar-refractivity contribution >= 4 is 28.5 Å². The van der Waals surface area contributed by atoms with Crippen LogP contribution in [0.2, 0.25) is 0 Å². The van der Waals surface area contributed by atoms with Crippen LogP contribution in [0.3, 0.4) is 0 Å². The highest BCUT2D eigenvalue weighted by Gasteiger charge is 2.23. The van der Waals surface area contributed by atoms with Crippen LogP contribution in [0.25, 0.3) is 10.9 Å². The zero-order valence-corrected chi connectivity index (χ0v) is 14.2. The number of thiazole rings is 1. The van der Waals surface area contributed by atoms with E-state index in [1.54, 1.807) is 11.3 Å². The first-order chi connectivity index (χ1) is 11.8. The molecule has 4 nitrogen and oxygen atoms in total. The number of aldehydes is 1. The number of nitrogens with zero attached hydrogens (tertiary/aromatic N) is 3. The van der Waals surface area contributed by atoms with Crippen molar-refractivity contribution in [3.8, 4) is 0 Å². The Morgan fingerprint density at radius 1 is 1.12 bits per heavy atom. The van der Waals surface area contributed by atoms with Crippen LogP contribution in [-0.4, -0.2) is 34.2 Å². The molecular weight excluding hydrogens is 318 g/mol. The Hall–Kier alpha value is -2.11. The second-order valence-electron chi connectivity index (χ2n) is 6.27. The first-order valence-electron chi connectivity index (χ1n) is 8.29. The Morgan fingerprint density at radius 2 is 1.96 bits per heavy atom. The molecule has 0 N–H and O–H groups in total. The van der Waals surface area contributed by atoms with E-state index in [0.29, 0.717) is 11.6 Å². The normalized spacial score (nSPS) is 16.5. The topological polar surface area (TPSA) is 46.1 Å². The van der Waals surface area contributed by atoms with Gasteiger partial charge in [0.15, 0.2) is 6.29 Å². The predicted octanol–water partition coefficient (Wildman–Crippen LogP) is 3.88. The molecule has 24 heavy (non-hydrogen) atoms. The summed E-state index contributed by atoms with van der Waals surface area (Å²) in [5.74, 6) is 0.490. The van der Waals surface area contributed by atoms with Gasteiger partial charge in [-0.1, -0.05) is 24.3 Å². The van der Waals surface area contributed by atoms with Crippen molar-refractivity contribution in [1.82, 2.24) is 14.9 Å². The highest BCUT2D eigenvalue weighted by atomic mass is 32.1. The third kappa shape index (κ3) is 3.23. The lowest BCUT2D eigenvalue weighted by atomic mass is 9.97.